The van der Waals surface area contributed by atoms with E-state index in [2.05, 4.69) is 10.1 Å². The van der Waals surface area contributed by atoms with E-state index < -0.39 is 55.9 Å². The third kappa shape index (κ3) is 4.68. The third-order valence-corrected chi connectivity index (χ3v) is 9.42. The summed E-state index contributed by atoms with van der Waals surface area (Å²) in [6.07, 6.45) is 5.18. The molecule has 1 aliphatic heterocycles. The summed E-state index contributed by atoms with van der Waals surface area (Å²) < 4.78 is 90.8. The molecule has 216 valence electrons. The first kappa shape index (κ1) is 27.8. The topological polar surface area (TPSA) is 94.4 Å². The van der Waals surface area contributed by atoms with Crippen molar-refractivity contribution in [2.24, 2.45) is 5.92 Å². The van der Waals surface area contributed by atoms with Gasteiger partial charge in [-0.3, -0.25) is 9.78 Å². The van der Waals surface area contributed by atoms with E-state index in [-0.39, 0.29) is 25.1 Å². The third-order valence-electron chi connectivity index (χ3n) is 7.56. The number of fused-ring (bicyclic) bond motifs is 2. The van der Waals surface area contributed by atoms with Crippen LogP contribution in [0.2, 0.25) is 0 Å². The van der Waals surface area contributed by atoms with E-state index in [1.165, 1.54) is 37.6 Å². The van der Waals surface area contributed by atoms with Crippen LogP contribution in [0.5, 0.6) is 5.75 Å². The van der Waals surface area contributed by atoms with Crippen LogP contribution in [0.3, 0.4) is 0 Å². The molecule has 13 heteroatoms. The Morgan fingerprint density at radius 3 is 2.43 bits per heavy atom. The van der Waals surface area contributed by atoms with Gasteiger partial charge in [0.2, 0.25) is 10.0 Å². The molecular weight excluding hydrogens is 576 g/mol. The van der Waals surface area contributed by atoms with Crippen molar-refractivity contribution >= 4 is 21.9 Å². The lowest BCUT2D eigenvalue weighted by molar-refractivity contribution is 0.0821. The minimum atomic E-state index is -4.69. The monoisotopic (exact) mass is 598 g/mol. The quantitative estimate of drug-likeness (QED) is 0.181. The number of nitrogens with zero attached hydrogens (tertiary/aromatic N) is 4. The van der Waals surface area contributed by atoms with E-state index in [0.29, 0.717) is 34.8 Å². The van der Waals surface area contributed by atoms with Gasteiger partial charge in [-0.05, 0) is 66.9 Å². The number of methoxy groups -OCH3 is 1. The number of Topliss-reactive ketones (excluding diaryl/α,β-unsaturated/α-hetero) is 1. The molecule has 0 amide bonds. The van der Waals surface area contributed by atoms with Gasteiger partial charge in [0.05, 0.1) is 35.6 Å². The van der Waals surface area contributed by atoms with Crippen LogP contribution < -0.4 is 4.74 Å². The number of carbonyl (C=O) groups is 1. The number of halogens is 4. The van der Waals surface area contributed by atoms with Crippen LogP contribution in [0, 0.1) is 29.2 Å². The van der Waals surface area contributed by atoms with Gasteiger partial charge >= 0.3 is 0 Å². The summed E-state index contributed by atoms with van der Waals surface area (Å²) in [4.78, 5) is 17.4. The minimum Gasteiger partial charge on any atom is -0.497 e. The molecule has 6 rings (SSSR count). The highest BCUT2D eigenvalue weighted by atomic mass is 32.2. The molecule has 0 spiro atoms. The maximum atomic E-state index is 14.1. The lowest BCUT2D eigenvalue weighted by Crippen LogP contribution is -2.54. The Balaban J connectivity index is 1.45. The lowest BCUT2D eigenvalue weighted by atomic mass is 9.76. The summed E-state index contributed by atoms with van der Waals surface area (Å²) in [7, 11) is -3.28. The Hall–Kier alpha value is -4.36. The fourth-order valence-corrected chi connectivity index (χ4v) is 7.17. The van der Waals surface area contributed by atoms with Gasteiger partial charge in [-0.25, -0.2) is 30.7 Å². The molecule has 2 aromatic heterocycles. The first-order valence-corrected chi connectivity index (χ1v) is 14.3. The summed E-state index contributed by atoms with van der Waals surface area (Å²) >= 11 is 0. The van der Waals surface area contributed by atoms with Gasteiger partial charge < -0.3 is 4.74 Å². The van der Waals surface area contributed by atoms with E-state index in [4.69, 9.17) is 4.74 Å². The Kier molecular flexibility index (Phi) is 6.93. The number of hydrogen-bond acceptors (Lipinski definition) is 6. The number of sulfonamides is 1. The Morgan fingerprint density at radius 1 is 1.02 bits per heavy atom. The molecule has 2 aromatic carbocycles. The molecular formula is C29H22F4N4O4S. The number of ketones is 1. The highest BCUT2D eigenvalue weighted by molar-refractivity contribution is 7.89. The summed E-state index contributed by atoms with van der Waals surface area (Å²) in [6, 6.07) is 8.11. The van der Waals surface area contributed by atoms with Crippen LogP contribution in [-0.4, -0.2) is 53.0 Å². The molecule has 8 nitrogen and oxygen atoms in total. The summed E-state index contributed by atoms with van der Waals surface area (Å²) in [5, 5.41) is 4.43. The molecule has 2 aliphatic rings. The average molecular weight is 599 g/mol. The smallest absolute Gasteiger partial charge is 0.243 e. The number of carbonyl (C=O) groups excluding carboxylic acids is 1. The van der Waals surface area contributed by atoms with Crippen molar-refractivity contribution in [1.82, 2.24) is 19.1 Å². The highest BCUT2D eigenvalue weighted by Crippen LogP contribution is 2.41. The molecule has 4 aromatic rings. The van der Waals surface area contributed by atoms with Crippen molar-refractivity contribution in [1.29, 1.82) is 0 Å². The second kappa shape index (κ2) is 10.5. The van der Waals surface area contributed by atoms with E-state index >= 15 is 0 Å². The van der Waals surface area contributed by atoms with Crippen LogP contribution in [0.1, 0.15) is 28.2 Å². The molecule has 42 heavy (non-hydrogen) atoms. The number of piperidine rings is 1. The van der Waals surface area contributed by atoms with Gasteiger partial charge in [0.15, 0.2) is 23.2 Å². The van der Waals surface area contributed by atoms with Gasteiger partial charge in [0, 0.05) is 24.7 Å². The van der Waals surface area contributed by atoms with E-state index in [1.807, 2.05) is 6.08 Å². The molecule has 0 saturated carbocycles. The van der Waals surface area contributed by atoms with Crippen molar-refractivity contribution in [2.75, 3.05) is 13.7 Å². The van der Waals surface area contributed by atoms with Gasteiger partial charge in [-0.15, -0.1) is 0 Å². The number of aromatic nitrogens is 3. The largest absolute Gasteiger partial charge is 0.497 e. The van der Waals surface area contributed by atoms with Crippen LogP contribution in [0.4, 0.5) is 17.6 Å². The van der Waals surface area contributed by atoms with E-state index in [1.54, 1.807) is 23.0 Å². The number of rotatable bonds is 6. The molecule has 0 bridgehead atoms. The fraction of sp³-hybridized carbons (Fsp3) is 0.207. The van der Waals surface area contributed by atoms with Crippen LogP contribution in [0.25, 0.3) is 11.8 Å². The maximum absolute atomic E-state index is 14.1. The molecule has 0 radical (unpaired) electrons. The highest BCUT2D eigenvalue weighted by Gasteiger charge is 2.47. The SMILES string of the molecule is COc1ccnc(C(=O)[C@@H]2C3Cc4cnn(-c5ccc(F)cc5)c4C=C3CCN2S(=O)(=O)c2cc(F)c(F)c(F)c2)c1. The minimum absolute atomic E-state index is 0.0647. The fourth-order valence-electron chi connectivity index (χ4n) is 5.52. The number of benzene rings is 2. The van der Waals surface area contributed by atoms with Crippen molar-refractivity contribution in [3.8, 4) is 11.4 Å². The van der Waals surface area contributed by atoms with Gasteiger partial charge in [0.1, 0.15) is 17.3 Å². The van der Waals surface area contributed by atoms with Crippen LogP contribution >= 0.6 is 0 Å². The Labute approximate surface area is 237 Å². The summed E-state index contributed by atoms with van der Waals surface area (Å²) in [5.74, 6) is -6.54. The van der Waals surface area contributed by atoms with Gasteiger partial charge in [0.25, 0.3) is 0 Å². The molecule has 1 fully saturated rings. The molecule has 2 atom stereocenters. The van der Waals surface area contributed by atoms with Crippen LogP contribution in [0.15, 0.2) is 71.4 Å². The Morgan fingerprint density at radius 2 is 1.74 bits per heavy atom. The first-order valence-electron chi connectivity index (χ1n) is 12.8. The zero-order valence-electron chi connectivity index (χ0n) is 22.0. The predicted molar refractivity (Wildman–Crippen MR) is 142 cm³/mol. The van der Waals surface area contributed by atoms with Crippen molar-refractivity contribution in [3.05, 3.63) is 107 Å². The summed E-state index contributed by atoms with van der Waals surface area (Å²) in [6.45, 7) is -0.203. The normalized spacial score (nSPS) is 18.6. The molecule has 1 unspecified atom stereocenters. The Bertz CT molecular complexity index is 1830. The average Bonchev–Trinajstić information content (AvgIpc) is 3.40. The van der Waals surface area contributed by atoms with Crippen LogP contribution in [-0.2, 0) is 16.4 Å². The second-order valence-electron chi connectivity index (χ2n) is 9.93. The van der Waals surface area contributed by atoms with Crippen molar-refractivity contribution in [2.45, 2.75) is 23.8 Å². The first-order chi connectivity index (χ1) is 20.1. The lowest BCUT2D eigenvalue weighted by Gasteiger charge is -2.42. The number of ether oxygens (including phenoxy) is 1. The molecule has 0 N–H and O–H groups in total. The van der Waals surface area contributed by atoms with Gasteiger partial charge in [-0.1, -0.05) is 5.57 Å². The molecule has 1 aliphatic carbocycles. The maximum Gasteiger partial charge on any atom is 0.243 e. The standard InChI is InChI=1S/C29H22F4N4O4S/c1-41-20-6-8-34-25(12-20)29(38)28-22-10-17-15-35-37(19-4-2-18(30)3-5-19)26(17)11-16(22)7-9-36(28)42(39,40)21-13-23(31)27(33)24(32)14-21/h2-6,8,11-15,22,28H,7,9-10H2,1H3/t22?,28-/m0/s1. The predicted octanol–water partition coefficient (Wildman–Crippen LogP) is 4.73. The van der Waals surface area contributed by atoms with E-state index in [9.17, 15) is 30.8 Å². The zero-order chi connectivity index (χ0) is 29.8. The number of pyridine rings is 1. The van der Waals surface area contributed by atoms with Crippen molar-refractivity contribution < 1.29 is 35.5 Å². The van der Waals surface area contributed by atoms with E-state index in [0.717, 1.165) is 9.88 Å². The molecule has 3 heterocycles. The zero-order valence-corrected chi connectivity index (χ0v) is 22.8. The van der Waals surface area contributed by atoms with Crippen molar-refractivity contribution in [3.63, 3.8) is 0 Å². The molecule has 1 saturated heterocycles. The number of hydrogen-bond donors (Lipinski definition) is 0. The summed E-state index contributed by atoms with van der Waals surface area (Å²) in [5.41, 5.74) is 2.72. The second-order valence-corrected chi connectivity index (χ2v) is 11.8. The van der Waals surface area contributed by atoms with Gasteiger partial charge in [-0.2, -0.15) is 9.40 Å².